The summed E-state index contributed by atoms with van der Waals surface area (Å²) < 4.78 is 0. The van der Waals surface area contributed by atoms with Crippen LogP contribution in [0.4, 0.5) is 0 Å². The highest BCUT2D eigenvalue weighted by Gasteiger charge is 2.43. The van der Waals surface area contributed by atoms with Crippen molar-refractivity contribution in [3.63, 3.8) is 0 Å². The van der Waals surface area contributed by atoms with Crippen LogP contribution < -0.4 is 10.6 Å². The monoisotopic (exact) mass is 186 g/mol. The lowest BCUT2D eigenvalue weighted by molar-refractivity contribution is 0.224. The molecular weight excluding hydrogens is 164 g/mol. The summed E-state index contributed by atoms with van der Waals surface area (Å²) in [5.74, 6) is 0. The largest absolute Gasteiger partial charge is 0.302 e. The fraction of sp³-hybridized carbons (Fsp3) is 1.00. The molecule has 0 atom stereocenters. The molecule has 0 radical (unpaired) electrons. The van der Waals surface area contributed by atoms with Gasteiger partial charge in [0.1, 0.15) is 0 Å². The molecule has 0 aromatic rings. The smallest absolute Gasteiger partial charge is 0.0677 e. The highest BCUT2D eigenvalue weighted by atomic mass is 28.1. The third-order valence-corrected chi connectivity index (χ3v) is 5.91. The van der Waals surface area contributed by atoms with Crippen LogP contribution in [0.1, 0.15) is 32.6 Å². The standard InChI is InChI=1S/C9H22N2Si/c1-8(10-2,11-3)9(12)6-4-5-7-9/h10-11H,4-7H2,1-3,12H3. The van der Waals surface area contributed by atoms with Crippen molar-refractivity contribution in [2.24, 2.45) is 0 Å². The second-order valence-corrected chi connectivity index (χ2v) is 6.31. The van der Waals surface area contributed by atoms with Crippen molar-refractivity contribution in [1.82, 2.24) is 10.6 Å². The minimum atomic E-state index is 0.162. The summed E-state index contributed by atoms with van der Waals surface area (Å²) in [6, 6.07) is 0. The molecule has 0 saturated heterocycles. The first-order chi connectivity index (χ1) is 5.58. The molecule has 0 unspecified atom stereocenters. The van der Waals surface area contributed by atoms with Crippen LogP contribution in [-0.2, 0) is 0 Å². The van der Waals surface area contributed by atoms with Crippen LogP contribution in [0.15, 0.2) is 0 Å². The van der Waals surface area contributed by atoms with Crippen molar-refractivity contribution in [1.29, 1.82) is 0 Å². The quantitative estimate of drug-likeness (QED) is 0.487. The average molecular weight is 186 g/mol. The molecule has 1 fully saturated rings. The van der Waals surface area contributed by atoms with Gasteiger partial charge in [-0.05, 0) is 38.9 Å². The Balaban J connectivity index is 2.75. The molecule has 0 spiro atoms. The van der Waals surface area contributed by atoms with Gasteiger partial charge in [0.15, 0.2) is 0 Å². The Morgan fingerprint density at radius 3 is 1.92 bits per heavy atom. The topological polar surface area (TPSA) is 24.1 Å². The van der Waals surface area contributed by atoms with E-state index in [4.69, 9.17) is 0 Å². The normalized spacial score (nSPS) is 23.2. The Morgan fingerprint density at radius 1 is 1.17 bits per heavy atom. The van der Waals surface area contributed by atoms with Crippen molar-refractivity contribution in [3.05, 3.63) is 0 Å². The Morgan fingerprint density at radius 2 is 1.58 bits per heavy atom. The fourth-order valence-corrected chi connectivity index (χ4v) is 3.59. The summed E-state index contributed by atoms with van der Waals surface area (Å²) in [5, 5.41) is 7.43. The first-order valence-corrected chi connectivity index (χ1v) is 5.96. The van der Waals surface area contributed by atoms with E-state index < -0.39 is 0 Å². The summed E-state index contributed by atoms with van der Waals surface area (Å²) in [5.41, 5.74) is 0.162. The van der Waals surface area contributed by atoms with Gasteiger partial charge in [0.25, 0.3) is 0 Å². The van der Waals surface area contributed by atoms with Crippen LogP contribution in [0.3, 0.4) is 0 Å². The summed E-state index contributed by atoms with van der Waals surface area (Å²) >= 11 is 0. The van der Waals surface area contributed by atoms with Gasteiger partial charge in [0, 0.05) is 10.2 Å². The van der Waals surface area contributed by atoms with Crippen LogP contribution in [0.2, 0.25) is 5.04 Å². The number of hydrogen-bond acceptors (Lipinski definition) is 2. The van der Waals surface area contributed by atoms with E-state index in [0.717, 1.165) is 0 Å². The third kappa shape index (κ3) is 1.45. The van der Waals surface area contributed by atoms with Crippen LogP contribution in [-0.4, -0.2) is 30.0 Å². The molecule has 0 amide bonds. The molecule has 72 valence electrons. The molecule has 0 aliphatic heterocycles. The number of nitrogens with one attached hydrogen (secondary N) is 2. The summed E-state index contributed by atoms with van der Waals surface area (Å²) in [6.45, 7) is 2.30. The summed E-state index contributed by atoms with van der Waals surface area (Å²) in [6.07, 6.45) is 5.64. The van der Waals surface area contributed by atoms with E-state index in [2.05, 4.69) is 31.7 Å². The van der Waals surface area contributed by atoms with Gasteiger partial charge in [0.2, 0.25) is 0 Å². The van der Waals surface area contributed by atoms with Crippen LogP contribution in [0.5, 0.6) is 0 Å². The Bertz CT molecular complexity index is 147. The van der Waals surface area contributed by atoms with E-state index >= 15 is 0 Å². The molecule has 1 aliphatic carbocycles. The molecule has 0 aromatic heterocycles. The maximum absolute atomic E-state index is 3.43. The molecule has 1 rings (SSSR count). The second kappa shape index (κ2) is 3.48. The van der Waals surface area contributed by atoms with Gasteiger partial charge in [-0.25, -0.2) is 0 Å². The SMILES string of the molecule is CNC(C)(NC)C1([SiH3])CCCC1. The van der Waals surface area contributed by atoms with Crippen LogP contribution in [0.25, 0.3) is 0 Å². The molecule has 1 saturated carbocycles. The minimum absolute atomic E-state index is 0.162. The Labute approximate surface area is 78.9 Å². The van der Waals surface area contributed by atoms with Crippen LogP contribution in [0, 0.1) is 0 Å². The first-order valence-electron chi connectivity index (χ1n) is 4.96. The Hall–Kier alpha value is 0.137. The van der Waals surface area contributed by atoms with E-state index in [1.807, 2.05) is 0 Å². The van der Waals surface area contributed by atoms with E-state index in [0.29, 0.717) is 5.04 Å². The van der Waals surface area contributed by atoms with Gasteiger partial charge in [-0.2, -0.15) is 0 Å². The fourth-order valence-electron chi connectivity index (χ4n) is 2.38. The van der Waals surface area contributed by atoms with Crippen molar-refractivity contribution >= 4 is 10.2 Å². The van der Waals surface area contributed by atoms with Gasteiger partial charge < -0.3 is 10.6 Å². The molecule has 0 heterocycles. The molecule has 2 nitrogen and oxygen atoms in total. The predicted octanol–water partition coefficient (Wildman–Crippen LogP) is 0.239. The second-order valence-electron chi connectivity index (χ2n) is 4.39. The zero-order chi connectivity index (χ0) is 9.24. The molecular formula is C9H22N2Si. The van der Waals surface area contributed by atoms with Gasteiger partial charge in [-0.3, -0.25) is 0 Å². The molecule has 0 aromatic carbocycles. The van der Waals surface area contributed by atoms with Gasteiger partial charge in [-0.1, -0.05) is 12.8 Å². The van der Waals surface area contributed by atoms with E-state index in [1.165, 1.54) is 35.9 Å². The Kier molecular flexibility index (Phi) is 2.96. The first kappa shape index (κ1) is 10.2. The van der Waals surface area contributed by atoms with E-state index in [9.17, 15) is 0 Å². The van der Waals surface area contributed by atoms with E-state index in [-0.39, 0.29) is 5.66 Å². The zero-order valence-electron chi connectivity index (χ0n) is 8.83. The van der Waals surface area contributed by atoms with Crippen molar-refractivity contribution in [2.45, 2.75) is 43.3 Å². The average Bonchev–Trinajstić information content (AvgIpc) is 2.52. The number of hydrogen-bond donors (Lipinski definition) is 2. The van der Waals surface area contributed by atoms with Crippen molar-refractivity contribution in [2.75, 3.05) is 14.1 Å². The van der Waals surface area contributed by atoms with Gasteiger partial charge in [-0.15, -0.1) is 0 Å². The van der Waals surface area contributed by atoms with Gasteiger partial charge in [0.05, 0.1) is 5.66 Å². The minimum Gasteiger partial charge on any atom is -0.302 e. The third-order valence-electron chi connectivity index (χ3n) is 3.91. The highest BCUT2D eigenvalue weighted by molar-refractivity contribution is 6.16. The lowest BCUT2D eigenvalue weighted by Gasteiger charge is -2.44. The van der Waals surface area contributed by atoms with Crippen molar-refractivity contribution in [3.8, 4) is 0 Å². The molecule has 3 heteroatoms. The molecule has 1 aliphatic rings. The highest BCUT2D eigenvalue weighted by Crippen LogP contribution is 2.48. The summed E-state index contributed by atoms with van der Waals surface area (Å²) in [4.78, 5) is 0. The molecule has 2 N–H and O–H groups in total. The molecule has 0 bridgehead atoms. The predicted molar refractivity (Wildman–Crippen MR) is 57.6 cm³/mol. The molecule has 12 heavy (non-hydrogen) atoms. The maximum Gasteiger partial charge on any atom is 0.0677 e. The maximum atomic E-state index is 3.43. The lowest BCUT2D eigenvalue weighted by atomic mass is 9.91. The lowest BCUT2D eigenvalue weighted by Crippen LogP contribution is -2.59. The van der Waals surface area contributed by atoms with E-state index in [1.54, 1.807) is 0 Å². The van der Waals surface area contributed by atoms with Crippen LogP contribution >= 0.6 is 0 Å². The van der Waals surface area contributed by atoms with Gasteiger partial charge >= 0.3 is 0 Å². The summed E-state index contributed by atoms with van der Waals surface area (Å²) in [7, 11) is 5.41. The zero-order valence-corrected chi connectivity index (χ0v) is 10.8. The van der Waals surface area contributed by atoms with Crippen molar-refractivity contribution < 1.29 is 0 Å². The number of rotatable bonds is 3.